The predicted octanol–water partition coefficient (Wildman–Crippen LogP) is 5.74. The van der Waals surface area contributed by atoms with Gasteiger partial charge in [0.05, 0.1) is 16.6 Å². The number of rotatable bonds is 4. The van der Waals surface area contributed by atoms with Crippen LogP contribution in [-0.2, 0) is 12.5 Å². The summed E-state index contributed by atoms with van der Waals surface area (Å²) < 4.78 is 9.40. The quantitative estimate of drug-likeness (QED) is 0.310. The molecular formula is C29H25N5O2. The number of nitrogens with zero attached hydrogens (tertiary/aromatic N) is 5. The van der Waals surface area contributed by atoms with Crippen molar-refractivity contribution < 1.29 is 4.74 Å². The van der Waals surface area contributed by atoms with Gasteiger partial charge in [0.25, 0.3) is 5.56 Å². The van der Waals surface area contributed by atoms with Gasteiger partial charge < -0.3 is 9.30 Å². The molecule has 0 unspecified atom stereocenters. The third-order valence-corrected chi connectivity index (χ3v) is 6.11. The third-order valence-electron chi connectivity index (χ3n) is 6.11. The summed E-state index contributed by atoms with van der Waals surface area (Å²) in [4.78, 5) is 22.8. The van der Waals surface area contributed by atoms with Gasteiger partial charge in [-0.1, -0.05) is 51.1 Å². The lowest BCUT2D eigenvalue weighted by atomic mass is 9.87. The van der Waals surface area contributed by atoms with Gasteiger partial charge in [-0.05, 0) is 53.5 Å². The number of hydrogen-bond acceptors (Lipinski definition) is 5. The van der Waals surface area contributed by atoms with Crippen molar-refractivity contribution in [3.8, 4) is 17.7 Å². The van der Waals surface area contributed by atoms with Crippen molar-refractivity contribution in [1.29, 1.82) is 5.26 Å². The lowest BCUT2D eigenvalue weighted by molar-refractivity contribution is 0.460. The van der Waals surface area contributed by atoms with E-state index in [0.717, 1.165) is 16.6 Å². The highest BCUT2D eigenvalue weighted by Crippen LogP contribution is 2.29. The molecule has 7 heteroatoms. The molecule has 0 fully saturated rings. The number of nitriles is 1. The van der Waals surface area contributed by atoms with Crippen LogP contribution < -0.4 is 10.3 Å². The molecule has 0 saturated carbocycles. The van der Waals surface area contributed by atoms with Gasteiger partial charge in [-0.2, -0.15) is 10.2 Å². The van der Waals surface area contributed by atoms with Crippen LogP contribution in [0.1, 0.15) is 37.7 Å². The molecule has 7 nitrogen and oxygen atoms in total. The molecule has 0 bridgehead atoms. The summed E-state index contributed by atoms with van der Waals surface area (Å²) in [5, 5.41) is 10.0. The Balaban J connectivity index is 1.67. The molecule has 0 spiro atoms. The van der Waals surface area contributed by atoms with Crippen molar-refractivity contribution in [2.75, 3.05) is 0 Å². The molecule has 0 N–H and O–H groups in total. The Kier molecular flexibility index (Phi) is 5.65. The molecule has 0 radical (unpaired) electrons. The van der Waals surface area contributed by atoms with Crippen LogP contribution in [0.15, 0.2) is 77.7 Å². The zero-order valence-corrected chi connectivity index (χ0v) is 20.6. The summed E-state index contributed by atoms with van der Waals surface area (Å²) in [6.45, 7) is 6.42. The first kappa shape index (κ1) is 23.1. The van der Waals surface area contributed by atoms with Crippen LogP contribution in [0.25, 0.3) is 28.3 Å². The molecule has 5 aromatic rings. The van der Waals surface area contributed by atoms with Gasteiger partial charge in [0.15, 0.2) is 5.82 Å². The van der Waals surface area contributed by atoms with E-state index in [4.69, 9.17) is 4.74 Å². The summed E-state index contributed by atoms with van der Waals surface area (Å²) in [5.74, 6) is 1.13. The first-order valence-corrected chi connectivity index (χ1v) is 11.6. The van der Waals surface area contributed by atoms with E-state index in [1.807, 2.05) is 60.1 Å². The lowest BCUT2D eigenvalue weighted by Gasteiger charge is -2.19. The number of benzene rings is 2. The van der Waals surface area contributed by atoms with Crippen molar-refractivity contribution in [1.82, 2.24) is 18.9 Å². The van der Waals surface area contributed by atoms with Crippen molar-refractivity contribution in [2.24, 2.45) is 7.05 Å². The Labute approximate surface area is 208 Å². The van der Waals surface area contributed by atoms with Gasteiger partial charge >= 0.3 is 0 Å². The Morgan fingerprint density at radius 3 is 2.42 bits per heavy atom. The van der Waals surface area contributed by atoms with Crippen LogP contribution in [0.3, 0.4) is 0 Å². The molecule has 0 aliphatic carbocycles. The maximum Gasteiger partial charge on any atom is 0.269 e. The van der Waals surface area contributed by atoms with E-state index in [9.17, 15) is 10.1 Å². The monoisotopic (exact) mass is 475 g/mol. The van der Waals surface area contributed by atoms with E-state index in [-0.39, 0.29) is 28.0 Å². The minimum Gasteiger partial charge on any atom is -0.438 e. The maximum atomic E-state index is 13.5. The smallest absolute Gasteiger partial charge is 0.269 e. The van der Waals surface area contributed by atoms with Crippen LogP contribution in [0.2, 0.25) is 0 Å². The first-order valence-electron chi connectivity index (χ1n) is 11.6. The highest BCUT2D eigenvalue weighted by molar-refractivity contribution is 5.91. The number of imidazole rings is 1. The van der Waals surface area contributed by atoms with Gasteiger partial charge in [-0.15, -0.1) is 0 Å². The summed E-state index contributed by atoms with van der Waals surface area (Å²) in [5.41, 5.74) is 3.32. The molecule has 0 saturated heterocycles. The number of para-hydroxylation sites is 2. The molecule has 0 aliphatic heterocycles. The van der Waals surface area contributed by atoms with Gasteiger partial charge in [0.1, 0.15) is 23.0 Å². The van der Waals surface area contributed by atoms with Crippen molar-refractivity contribution in [3.63, 3.8) is 0 Å². The summed E-state index contributed by atoms with van der Waals surface area (Å²) in [6.07, 6.45) is 3.15. The second-order valence-electron chi connectivity index (χ2n) is 9.59. The second kappa shape index (κ2) is 8.82. The topological polar surface area (TPSA) is 85.2 Å². The molecule has 0 atom stereocenters. The molecule has 2 aromatic carbocycles. The maximum absolute atomic E-state index is 13.5. The van der Waals surface area contributed by atoms with Crippen molar-refractivity contribution in [3.05, 3.63) is 100 Å². The number of aromatic nitrogens is 4. The van der Waals surface area contributed by atoms with Crippen LogP contribution in [0.4, 0.5) is 0 Å². The number of fused-ring (bicyclic) bond motifs is 2. The molecule has 3 heterocycles. The highest BCUT2D eigenvalue weighted by Gasteiger charge is 2.19. The molecule has 0 aliphatic rings. The molecule has 178 valence electrons. The molecular weight excluding hydrogens is 450 g/mol. The van der Waals surface area contributed by atoms with Crippen LogP contribution in [0, 0.1) is 11.3 Å². The van der Waals surface area contributed by atoms with Crippen LogP contribution >= 0.6 is 0 Å². The van der Waals surface area contributed by atoms with E-state index in [0.29, 0.717) is 17.2 Å². The predicted molar refractivity (Wildman–Crippen MR) is 141 cm³/mol. The average molecular weight is 476 g/mol. The number of ether oxygens (including phenoxy) is 1. The number of aryl methyl sites for hydroxylation is 1. The van der Waals surface area contributed by atoms with Gasteiger partial charge in [0, 0.05) is 13.2 Å². The van der Waals surface area contributed by atoms with E-state index in [1.54, 1.807) is 24.4 Å². The standard InChI is InChI=1S/C29H25N5O2/c1-29(2,3)20-12-14-21(15-13-20)36-27-22(28(35)34-16-8-7-11-25(34)32-27)17-19(18-30)26-31-23-9-5-6-10-24(23)33(26)4/h5-17H,1-4H3. The van der Waals surface area contributed by atoms with Gasteiger partial charge in [-0.25, -0.2) is 4.98 Å². The van der Waals surface area contributed by atoms with Crippen molar-refractivity contribution in [2.45, 2.75) is 26.2 Å². The van der Waals surface area contributed by atoms with Gasteiger partial charge in [-0.3, -0.25) is 9.20 Å². The Morgan fingerprint density at radius 1 is 1.00 bits per heavy atom. The largest absolute Gasteiger partial charge is 0.438 e. The minimum absolute atomic E-state index is 0.000236. The fourth-order valence-corrected chi connectivity index (χ4v) is 4.10. The Hall–Kier alpha value is -4.70. The third kappa shape index (κ3) is 4.14. The van der Waals surface area contributed by atoms with Gasteiger partial charge in [0.2, 0.25) is 5.88 Å². The number of hydrogen-bond donors (Lipinski definition) is 0. The first-order chi connectivity index (χ1) is 17.3. The lowest BCUT2D eigenvalue weighted by Crippen LogP contribution is -2.19. The zero-order chi connectivity index (χ0) is 25.4. The normalized spacial score (nSPS) is 12.1. The number of pyridine rings is 1. The Bertz CT molecular complexity index is 1730. The van der Waals surface area contributed by atoms with E-state index < -0.39 is 0 Å². The molecule has 0 amide bonds. The fraction of sp³-hybridized carbons (Fsp3) is 0.172. The summed E-state index contributed by atoms with van der Waals surface area (Å²) in [6, 6.07) is 22.9. The highest BCUT2D eigenvalue weighted by atomic mass is 16.5. The number of allylic oxidation sites excluding steroid dienone is 1. The van der Waals surface area contributed by atoms with Crippen LogP contribution in [0.5, 0.6) is 11.6 Å². The average Bonchev–Trinajstić information content (AvgIpc) is 3.20. The van der Waals surface area contributed by atoms with E-state index in [2.05, 4.69) is 36.8 Å². The minimum atomic E-state index is -0.339. The fourth-order valence-electron chi connectivity index (χ4n) is 4.10. The van der Waals surface area contributed by atoms with Crippen LogP contribution in [-0.4, -0.2) is 18.9 Å². The summed E-state index contributed by atoms with van der Waals surface area (Å²) in [7, 11) is 1.84. The SMILES string of the molecule is Cn1c(C(C#N)=Cc2c(Oc3ccc(C(C)(C)C)cc3)nc3ccccn3c2=O)nc2ccccc21. The summed E-state index contributed by atoms with van der Waals surface area (Å²) >= 11 is 0. The molecule has 5 rings (SSSR count). The molecule has 3 aromatic heterocycles. The zero-order valence-electron chi connectivity index (χ0n) is 20.6. The van der Waals surface area contributed by atoms with Crippen molar-refractivity contribution >= 4 is 28.3 Å². The second-order valence-corrected chi connectivity index (χ2v) is 9.59. The van der Waals surface area contributed by atoms with E-state index >= 15 is 0 Å². The Morgan fingerprint density at radius 2 is 1.72 bits per heavy atom. The van der Waals surface area contributed by atoms with E-state index in [1.165, 1.54) is 10.5 Å². The molecule has 36 heavy (non-hydrogen) atoms.